The average molecular weight is 252 g/mol. The molecule has 0 atom stereocenters. The van der Waals surface area contributed by atoms with Gasteiger partial charge in [0.2, 0.25) is 0 Å². The van der Waals surface area contributed by atoms with Crippen molar-refractivity contribution in [2.75, 3.05) is 13.6 Å². The van der Waals surface area contributed by atoms with Gasteiger partial charge in [-0.05, 0) is 32.9 Å². The summed E-state index contributed by atoms with van der Waals surface area (Å²) >= 11 is 0. The minimum absolute atomic E-state index is 0.224. The van der Waals surface area contributed by atoms with Gasteiger partial charge in [-0.1, -0.05) is 0 Å². The molecule has 0 saturated heterocycles. The zero-order valence-electron chi connectivity index (χ0n) is 10.8. The number of aromatic nitrogens is 3. The summed E-state index contributed by atoms with van der Waals surface area (Å²) < 4.78 is 2.21. The normalized spacial score (nSPS) is 14.8. The zero-order chi connectivity index (χ0) is 13.0. The Kier molecular flexibility index (Phi) is 4.30. The van der Waals surface area contributed by atoms with Gasteiger partial charge in [-0.15, -0.1) is 10.2 Å². The van der Waals surface area contributed by atoms with E-state index < -0.39 is 5.97 Å². The third-order valence-corrected chi connectivity index (χ3v) is 3.28. The lowest BCUT2D eigenvalue weighted by atomic mass is 10.1. The van der Waals surface area contributed by atoms with Gasteiger partial charge in [-0.25, -0.2) is 0 Å². The lowest BCUT2D eigenvalue weighted by molar-refractivity contribution is -0.137. The number of carboxylic acid groups (broad SMARTS) is 1. The van der Waals surface area contributed by atoms with Gasteiger partial charge in [0.05, 0.1) is 6.54 Å². The molecule has 2 rings (SSSR count). The monoisotopic (exact) mass is 252 g/mol. The molecule has 2 heterocycles. The van der Waals surface area contributed by atoms with E-state index in [1.54, 1.807) is 0 Å². The van der Waals surface area contributed by atoms with Gasteiger partial charge in [0.15, 0.2) is 0 Å². The number of rotatable bonds is 6. The van der Waals surface area contributed by atoms with Crippen molar-refractivity contribution in [3.63, 3.8) is 0 Å². The van der Waals surface area contributed by atoms with E-state index in [4.69, 9.17) is 5.11 Å². The number of nitrogens with zero attached hydrogens (tertiary/aromatic N) is 4. The minimum Gasteiger partial charge on any atom is -0.481 e. The van der Waals surface area contributed by atoms with Gasteiger partial charge in [0.25, 0.3) is 0 Å². The fraction of sp³-hybridized carbons (Fsp3) is 0.750. The van der Waals surface area contributed by atoms with Crippen LogP contribution in [0.1, 0.15) is 37.3 Å². The number of aryl methyl sites for hydroxylation is 1. The van der Waals surface area contributed by atoms with Gasteiger partial charge in [-0.3, -0.25) is 9.69 Å². The maximum Gasteiger partial charge on any atom is 0.303 e. The van der Waals surface area contributed by atoms with Crippen LogP contribution in [-0.2, 0) is 24.3 Å². The van der Waals surface area contributed by atoms with Crippen LogP contribution in [-0.4, -0.2) is 44.3 Å². The second-order valence-electron chi connectivity index (χ2n) is 4.88. The van der Waals surface area contributed by atoms with E-state index in [1.165, 1.54) is 12.8 Å². The van der Waals surface area contributed by atoms with Crippen molar-refractivity contribution in [3.05, 3.63) is 11.6 Å². The predicted molar refractivity (Wildman–Crippen MR) is 66.2 cm³/mol. The molecule has 6 nitrogen and oxygen atoms in total. The first-order chi connectivity index (χ1) is 8.66. The zero-order valence-corrected chi connectivity index (χ0v) is 10.8. The summed E-state index contributed by atoms with van der Waals surface area (Å²) in [7, 11) is 1.99. The molecule has 0 fully saturated rings. The van der Waals surface area contributed by atoms with Crippen LogP contribution in [0.15, 0.2) is 0 Å². The van der Waals surface area contributed by atoms with Crippen molar-refractivity contribution in [1.29, 1.82) is 0 Å². The molecular weight excluding hydrogens is 232 g/mol. The molecule has 18 heavy (non-hydrogen) atoms. The number of aliphatic carboxylic acids is 1. The van der Waals surface area contributed by atoms with Crippen LogP contribution in [0.4, 0.5) is 0 Å². The van der Waals surface area contributed by atoms with Gasteiger partial charge in [0, 0.05) is 19.4 Å². The molecule has 1 N–H and O–H groups in total. The summed E-state index contributed by atoms with van der Waals surface area (Å²) in [4.78, 5) is 12.6. The number of fused-ring (bicyclic) bond motifs is 1. The first kappa shape index (κ1) is 13.0. The Morgan fingerprint density at radius 3 is 3.06 bits per heavy atom. The number of carboxylic acids is 1. The number of carbonyl (C=O) groups is 1. The molecule has 6 heteroatoms. The summed E-state index contributed by atoms with van der Waals surface area (Å²) in [5.74, 6) is 1.36. The van der Waals surface area contributed by atoms with Gasteiger partial charge in [0.1, 0.15) is 11.6 Å². The molecule has 1 aliphatic heterocycles. The summed E-state index contributed by atoms with van der Waals surface area (Å²) in [5, 5.41) is 17.0. The maximum atomic E-state index is 10.4. The molecule has 0 radical (unpaired) electrons. The van der Waals surface area contributed by atoms with E-state index >= 15 is 0 Å². The first-order valence-electron chi connectivity index (χ1n) is 6.48. The Morgan fingerprint density at radius 2 is 2.28 bits per heavy atom. The van der Waals surface area contributed by atoms with E-state index in [2.05, 4.69) is 19.7 Å². The fourth-order valence-electron chi connectivity index (χ4n) is 2.31. The fourth-order valence-corrected chi connectivity index (χ4v) is 2.31. The minimum atomic E-state index is -0.733. The molecule has 0 aromatic carbocycles. The molecule has 1 aromatic heterocycles. The quantitative estimate of drug-likeness (QED) is 0.815. The van der Waals surface area contributed by atoms with Crippen molar-refractivity contribution < 1.29 is 9.90 Å². The summed E-state index contributed by atoms with van der Waals surface area (Å²) in [6, 6.07) is 0. The average Bonchev–Trinajstić information content (AvgIpc) is 2.72. The molecule has 0 unspecified atom stereocenters. The lowest BCUT2D eigenvalue weighted by Crippen LogP contribution is -2.23. The SMILES string of the molecule is CN(CCCC(=O)O)Cc1nnc2n1CCCC2. The van der Waals surface area contributed by atoms with Crippen LogP contribution in [0.25, 0.3) is 0 Å². The van der Waals surface area contributed by atoms with E-state index in [0.717, 1.165) is 37.7 Å². The highest BCUT2D eigenvalue weighted by Gasteiger charge is 2.16. The predicted octanol–water partition coefficient (Wildman–Crippen LogP) is 0.911. The van der Waals surface area contributed by atoms with Crippen molar-refractivity contribution in [3.8, 4) is 0 Å². The van der Waals surface area contributed by atoms with Crippen molar-refractivity contribution in [1.82, 2.24) is 19.7 Å². The van der Waals surface area contributed by atoms with Crippen LogP contribution >= 0.6 is 0 Å². The Hall–Kier alpha value is -1.43. The third-order valence-electron chi connectivity index (χ3n) is 3.28. The summed E-state index contributed by atoms with van der Waals surface area (Å²) in [6.45, 7) is 2.53. The maximum absolute atomic E-state index is 10.4. The largest absolute Gasteiger partial charge is 0.481 e. The molecule has 100 valence electrons. The molecule has 0 aliphatic carbocycles. The highest BCUT2D eigenvalue weighted by atomic mass is 16.4. The topological polar surface area (TPSA) is 71.2 Å². The molecule has 0 spiro atoms. The van der Waals surface area contributed by atoms with E-state index in [9.17, 15) is 4.79 Å². The Labute approximate surface area is 107 Å². The molecule has 1 aliphatic rings. The molecular formula is C12H20N4O2. The van der Waals surface area contributed by atoms with Crippen molar-refractivity contribution in [2.24, 2.45) is 0 Å². The van der Waals surface area contributed by atoms with Gasteiger partial charge >= 0.3 is 5.97 Å². The van der Waals surface area contributed by atoms with E-state index in [-0.39, 0.29) is 6.42 Å². The third kappa shape index (κ3) is 3.29. The molecule has 0 amide bonds. The van der Waals surface area contributed by atoms with E-state index in [0.29, 0.717) is 6.42 Å². The Bertz CT molecular complexity index is 416. The Morgan fingerprint density at radius 1 is 1.44 bits per heavy atom. The van der Waals surface area contributed by atoms with Crippen LogP contribution in [0, 0.1) is 0 Å². The number of hydrogen-bond acceptors (Lipinski definition) is 4. The lowest BCUT2D eigenvalue weighted by Gasteiger charge is -2.18. The summed E-state index contributed by atoms with van der Waals surface area (Å²) in [5.41, 5.74) is 0. The van der Waals surface area contributed by atoms with Crippen LogP contribution in [0.5, 0.6) is 0 Å². The van der Waals surface area contributed by atoms with Gasteiger partial charge < -0.3 is 9.67 Å². The van der Waals surface area contributed by atoms with E-state index in [1.807, 2.05) is 7.05 Å². The molecule has 0 saturated carbocycles. The Balaban J connectivity index is 1.85. The second-order valence-corrected chi connectivity index (χ2v) is 4.88. The molecule has 1 aromatic rings. The smallest absolute Gasteiger partial charge is 0.303 e. The number of hydrogen-bond donors (Lipinski definition) is 1. The standard InChI is InChI=1S/C12H20N4O2/c1-15(7-4-6-12(17)18)9-11-14-13-10-5-2-3-8-16(10)11/h2-9H2,1H3,(H,17,18). The van der Waals surface area contributed by atoms with Crippen molar-refractivity contribution >= 4 is 5.97 Å². The highest BCUT2D eigenvalue weighted by Crippen LogP contribution is 2.15. The van der Waals surface area contributed by atoms with Crippen LogP contribution in [0.2, 0.25) is 0 Å². The first-order valence-corrected chi connectivity index (χ1v) is 6.48. The van der Waals surface area contributed by atoms with Gasteiger partial charge in [-0.2, -0.15) is 0 Å². The van der Waals surface area contributed by atoms with Crippen LogP contribution in [0.3, 0.4) is 0 Å². The van der Waals surface area contributed by atoms with Crippen LogP contribution < -0.4 is 0 Å². The molecule has 0 bridgehead atoms. The summed E-state index contributed by atoms with van der Waals surface area (Å²) in [6.07, 6.45) is 4.32. The van der Waals surface area contributed by atoms with Crippen molar-refractivity contribution in [2.45, 2.75) is 45.2 Å². The second kappa shape index (κ2) is 5.95. The highest BCUT2D eigenvalue weighted by molar-refractivity contribution is 5.66.